The summed E-state index contributed by atoms with van der Waals surface area (Å²) in [6, 6.07) is 0. The van der Waals surface area contributed by atoms with Crippen LogP contribution in [0.5, 0.6) is 0 Å². The van der Waals surface area contributed by atoms with Gasteiger partial charge in [0.25, 0.3) is 0 Å². The van der Waals surface area contributed by atoms with E-state index in [1.807, 2.05) is 0 Å². The van der Waals surface area contributed by atoms with Gasteiger partial charge in [-0.3, -0.25) is 0 Å². The average molecular weight is 246 g/mol. The molecule has 0 radical (unpaired) electrons. The molecule has 16 heavy (non-hydrogen) atoms. The van der Waals surface area contributed by atoms with Crippen LogP contribution in [0.1, 0.15) is 0 Å². The molecule has 0 fully saturated rings. The Morgan fingerprint density at radius 2 is 1.00 bits per heavy atom. The third-order valence-electron chi connectivity index (χ3n) is 0.111. The third kappa shape index (κ3) is 3950. The Labute approximate surface area is 91.9 Å². The van der Waals surface area contributed by atoms with E-state index < -0.39 is 7.35 Å². The van der Waals surface area contributed by atoms with Crippen LogP contribution in [0.25, 0.3) is 0 Å². The fourth-order valence-electron chi connectivity index (χ4n) is 0.0227. The van der Waals surface area contributed by atoms with Gasteiger partial charge in [-0.15, -0.1) is 0 Å². The molecule has 96 valence electrons. The van der Waals surface area contributed by atoms with Gasteiger partial charge in [-0.1, -0.05) is 0 Å². The van der Waals surface area contributed by atoms with Gasteiger partial charge in [-0.2, -0.15) is 0 Å². The molecule has 16 heteroatoms. The van der Waals surface area contributed by atoms with Gasteiger partial charge in [0.1, 0.15) is 0 Å². The van der Waals surface area contributed by atoms with Gasteiger partial charge in [-0.05, 0) is 0 Å². The first-order chi connectivity index (χ1) is 5.24. The van der Waals surface area contributed by atoms with Crippen molar-refractivity contribution in [2.75, 3.05) is 0 Å². The Kier molecular flexibility index (Phi) is 630. The molecule has 0 saturated heterocycles. The summed E-state index contributed by atoms with van der Waals surface area (Å²) < 4.78 is 38.0. The molecule has 0 rings (SSSR count). The van der Waals surface area contributed by atoms with E-state index in [-0.39, 0.29) is 50.1 Å². The van der Waals surface area contributed by atoms with Crippen molar-refractivity contribution in [1.82, 2.24) is 6.15 Å². The van der Waals surface area contributed by atoms with Gasteiger partial charge < -0.3 is 28.1 Å². The standard InChI is InChI=1S/B2O3.BHO2.BO2.H3N.4H2O/c3-1-5-2-4;2*2-1-3;;;;;/h;2H;;1H3;4*1H2/q;;-1;;;;;/p+1. The van der Waals surface area contributed by atoms with Crippen molar-refractivity contribution in [3.63, 3.8) is 0 Å². The molecule has 0 aliphatic rings. The molecule has 0 unspecified atom stereocenters. The molecule has 0 bridgehead atoms. The molecular formula is H13B4NO11. The van der Waals surface area contributed by atoms with Crippen molar-refractivity contribution in [1.29, 1.82) is 0 Å². The summed E-state index contributed by atoms with van der Waals surface area (Å²) in [6.07, 6.45) is 0. The van der Waals surface area contributed by atoms with E-state index >= 15 is 0 Å². The molecule has 0 saturated carbocycles. The maximum Gasteiger partial charge on any atom is -0.369 e. The molecule has 13 N–H and O–H groups in total. The van der Waals surface area contributed by atoms with Crippen LogP contribution in [0.4, 0.5) is 0 Å². The summed E-state index contributed by atoms with van der Waals surface area (Å²) in [5.74, 6) is 0. The van der Waals surface area contributed by atoms with Crippen LogP contribution in [0.3, 0.4) is 0 Å². The van der Waals surface area contributed by atoms with E-state index in [1.54, 1.807) is 0 Å². The first-order valence-electron chi connectivity index (χ1n) is 1.91. The minimum absolute atomic E-state index is 0. The van der Waals surface area contributed by atoms with E-state index in [0.29, 0.717) is 0 Å². The molecular weight excluding hydrogens is 233 g/mol. The first kappa shape index (κ1) is 61.7. The van der Waals surface area contributed by atoms with E-state index in [0.717, 1.165) is 0 Å². The monoisotopic (exact) mass is 247 g/mol. The number of hydrogen-bond acceptors (Lipinski definition) is 6. The van der Waals surface area contributed by atoms with Gasteiger partial charge in [0.15, 0.2) is 0 Å². The molecule has 0 aromatic carbocycles. The summed E-state index contributed by atoms with van der Waals surface area (Å²) in [5.41, 5.74) is 0. The SMILES string of the molecule is O.O.O.O.O=BO.O=BOB=O.O=B[O-].[NH4+]. The van der Waals surface area contributed by atoms with Gasteiger partial charge in [-0.25, -0.2) is 0 Å². The van der Waals surface area contributed by atoms with Gasteiger partial charge in [0.05, 0.1) is 0 Å². The zero-order chi connectivity index (χ0) is 9.54. The number of quaternary nitrogens is 1. The summed E-state index contributed by atoms with van der Waals surface area (Å²) in [5, 5.41) is 15.1. The molecule has 12 nitrogen and oxygen atoms in total. The van der Waals surface area contributed by atoms with Gasteiger partial charge in [0, 0.05) is 0 Å². The van der Waals surface area contributed by atoms with Crippen molar-refractivity contribution in [3.05, 3.63) is 0 Å². The Balaban J connectivity index is -0.00000000895. The van der Waals surface area contributed by atoms with E-state index in [1.165, 1.54) is 0 Å². The van der Waals surface area contributed by atoms with Gasteiger partial charge in [0.2, 0.25) is 0 Å². The molecule has 0 heterocycles. The molecule has 0 amide bonds. The summed E-state index contributed by atoms with van der Waals surface area (Å²) in [7, 11) is -0.625. The average Bonchev–Trinajstić information content (AvgIpc) is 1.92. The Hall–Kier alpha value is -1.34. The Morgan fingerprint density at radius 1 is 0.875 bits per heavy atom. The normalized spacial score (nSPS) is 2.25. The quantitative estimate of drug-likeness (QED) is 0.443. The second kappa shape index (κ2) is 163. The van der Waals surface area contributed by atoms with Crippen LogP contribution in [-0.4, -0.2) is 56.3 Å². The molecule has 0 aliphatic heterocycles. The fourth-order valence-corrected chi connectivity index (χ4v) is 0.0227. The van der Waals surface area contributed by atoms with Crippen LogP contribution < -0.4 is 11.2 Å². The predicted octanol–water partition coefficient (Wildman–Crippen LogP) is -6.74. The van der Waals surface area contributed by atoms with Gasteiger partial charge >= 0.3 is 62.8 Å². The molecule has 0 spiro atoms. The van der Waals surface area contributed by atoms with Crippen LogP contribution in [0.2, 0.25) is 0 Å². The third-order valence-corrected chi connectivity index (χ3v) is 0.111. The predicted molar refractivity (Wildman–Crippen MR) is 49.5 cm³/mol. The Bertz CT molecular complexity index is 94.2. The molecule has 0 atom stereocenters. The minimum Gasteiger partial charge on any atom is -0.369 e. The van der Waals surface area contributed by atoms with Crippen molar-refractivity contribution in [2.24, 2.45) is 0 Å². The molecule has 0 aromatic rings. The van der Waals surface area contributed by atoms with Crippen molar-refractivity contribution in [2.45, 2.75) is 0 Å². The number of hydrogen-bond donors (Lipinski definition) is 2. The molecule has 0 aliphatic carbocycles. The largest absolute Gasteiger partial charge is 0.369 e. The maximum absolute atomic E-state index is 8.95. The van der Waals surface area contributed by atoms with Crippen molar-refractivity contribution >= 4 is 29.4 Å². The second-order valence-corrected chi connectivity index (χ2v) is 0.530. The zero-order valence-corrected chi connectivity index (χ0v) is 8.21. The van der Waals surface area contributed by atoms with Crippen LogP contribution in [0.15, 0.2) is 0 Å². The zero-order valence-electron chi connectivity index (χ0n) is 8.21. The number of rotatable bonds is 2. The van der Waals surface area contributed by atoms with Crippen molar-refractivity contribution in [3.8, 4) is 0 Å². The van der Waals surface area contributed by atoms with Crippen molar-refractivity contribution < 1.29 is 55.3 Å². The second-order valence-electron chi connectivity index (χ2n) is 0.530. The summed E-state index contributed by atoms with van der Waals surface area (Å²) in [6.45, 7) is 0. The maximum atomic E-state index is 8.95. The first-order valence-corrected chi connectivity index (χ1v) is 1.91. The smallest absolute Gasteiger partial charge is 0.369 e. The fraction of sp³-hybridized carbons (Fsp3) is 0. The van der Waals surface area contributed by atoms with Crippen LogP contribution in [0, 0.1) is 0 Å². The van der Waals surface area contributed by atoms with E-state index in [9.17, 15) is 0 Å². The summed E-state index contributed by atoms with van der Waals surface area (Å²) in [4.78, 5) is 0. The minimum atomic E-state index is -0.500. The molecule has 0 aromatic heterocycles. The van der Waals surface area contributed by atoms with Crippen LogP contribution in [-0.2, 0) is 23.4 Å². The Morgan fingerprint density at radius 3 is 1.00 bits per heavy atom. The van der Waals surface area contributed by atoms with Crippen LogP contribution >= 0.6 is 0 Å². The topological polar surface area (TPSA) is 283 Å². The van der Waals surface area contributed by atoms with E-state index in [2.05, 4.69) is 4.57 Å². The van der Waals surface area contributed by atoms with E-state index in [4.69, 9.17) is 28.9 Å². The summed E-state index contributed by atoms with van der Waals surface area (Å²) >= 11 is 0.